The van der Waals surface area contributed by atoms with Gasteiger partial charge in [-0.2, -0.15) is 13.5 Å². The Bertz CT molecular complexity index is 638. The van der Waals surface area contributed by atoms with Gasteiger partial charge in [0.2, 0.25) is 0 Å². The van der Waals surface area contributed by atoms with Crippen molar-refractivity contribution in [1.82, 2.24) is 14.5 Å². The fourth-order valence-electron chi connectivity index (χ4n) is 1.38. The zero-order valence-corrected chi connectivity index (χ0v) is 12.4. The summed E-state index contributed by atoms with van der Waals surface area (Å²) in [5, 5.41) is 2.66. The van der Waals surface area contributed by atoms with Crippen LogP contribution >= 0.6 is 11.6 Å². The zero-order valence-electron chi connectivity index (χ0n) is 10.8. The first kappa shape index (κ1) is 16.2. The second-order valence-electron chi connectivity index (χ2n) is 3.41. The fraction of sp³-hybridized carbons (Fsp3) is 0.444. The molecule has 1 rings (SSSR count). The van der Waals surface area contributed by atoms with Gasteiger partial charge in [0.15, 0.2) is 10.2 Å². The van der Waals surface area contributed by atoms with E-state index in [-0.39, 0.29) is 11.8 Å². The number of halogens is 1. The minimum Gasteiger partial charge on any atom is -0.465 e. The normalized spacial score (nSPS) is 11.0. The first-order valence-corrected chi connectivity index (χ1v) is 7.11. The number of rotatable bonds is 4. The van der Waals surface area contributed by atoms with Crippen molar-refractivity contribution in [2.24, 2.45) is 7.05 Å². The van der Waals surface area contributed by atoms with E-state index in [4.69, 9.17) is 11.6 Å². The number of aromatic nitrogens is 2. The van der Waals surface area contributed by atoms with E-state index in [1.54, 1.807) is 4.72 Å². The average Bonchev–Trinajstić information content (AvgIpc) is 2.63. The zero-order chi connectivity index (χ0) is 15.5. The molecule has 0 saturated heterocycles. The second-order valence-corrected chi connectivity index (χ2v) is 5.37. The van der Waals surface area contributed by atoms with E-state index >= 15 is 0 Å². The molecule has 1 heterocycles. The predicted octanol–water partition coefficient (Wildman–Crippen LogP) is 0.295. The van der Waals surface area contributed by atoms with E-state index in [2.05, 4.69) is 14.6 Å². The van der Waals surface area contributed by atoms with Crippen LogP contribution in [0.25, 0.3) is 0 Å². The van der Waals surface area contributed by atoms with Crippen LogP contribution in [-0.4, -0.2) is 44.0 Å². The SMILES string of the molecule is CCOC(=O)NS(=O)(=O)c1c(C(=O)OC)c(Cl)nn1C. The first-order chi connectivity index (χ1) is 9.24. The molecule has 1 amide bonds. The summed E-state index contributed by atoms with van der Waals surface area (Å²) >= 11 is 5.69. The Morgan fingerprint density at radius 2 is 2.05 bits per heavy atom. The lowest BCUT2D eigenvalue weighted by atomic mass is 10.4. The monoisotopic (exact) mass is 325 g/mol. The Hall–Kier alpha value is -1.81. The van der Waals surface area contributed by atoms with Crippen molar-refractivity contribution in [2.45, 2.75) is 11.9 Å². The highest BCUT2D eigenvalue weighted by molar-refractivity contribution is 7.90. The summed E-state index contributed by atoms with van der Waals surface area (Å²) < 4.78 is 35.5. The molecule has 11 heteroatoms. The Morgan fingerprint density at radius 3 is 2.55 bits per heavy atom. The molecular weight excluding hydrogens is 314 g/mol. The summed E-state index contributed by atoms with van der Waals surface area (Å²) in [6.07, 6.45) is -1.18. The van der Waals surface area contributed by atoms with Crippen molar-refractivity contribution in [1.29, 1.82) is 0 Å². The molecule has 0 aliphatic heterocycles. The van der Waals surface area contributed by atoms with Gasteiger partial charge in [-0.15, -0.1) is 0 Å². The third-order valence-corrected chi connectivity index (χ3v) is 3.77. The average molecular weight is 326 g/mol. The minimum atomic E-state index is -4.39. The Kier molecular flexibility index (Phi) is 4.95. The number of methoxy groups -OCH3 is 1. The van der Waals surface area contributed by atoms with Crippen molar-refractivity contribution in [3.8, 4) is 0 Å². The van der Waals surface area contributed by atoms with Crippen LogP contribution in [0, 0.1) is 0 Å². The molecule has 1 N–H and O–H groups in total. The third kappa shape index (κ3) is 3.20. The van der Waals surface area contributed by atoms with Crippen LogP contribution in [0.15, 0.2) is 5.03 Å². The van der Waals surface area contributed by atoms with E-state index in [9.17, 15) is 18.0 Å². The number of amides is 1. The molecule has 0 aromatic carbocycles. The Balaban J connectivity index is 3.31. The van der Waals surface area contributed by atoms with Crippen LogP contribution < -0.4 is 4.72 Å². The van der Waals surface area contributed by atoms with Gasteiger partial charge in [0.1, 0.15) is 5.56 Å². The van der Waals surface area contributed by atoms with Gasteiger partial charge in [-0.25, -0.2) is 14.3 Å². The topological polar surface area (TPSA) is 117 Å². The molecule has 0 aliphatic carbocycles. The molecule has 20 heavy (non-hydrogen) atoms. The summed E-state index contributed by atoms with van der Waals surface area (Å²) in [4.78, 5) is 22.8. The summed E-state index contributed by atoms with van der Waals surface area (Å²) in [6, 6.07) is 0. The maximum Gasteiger partial charge on any atom is 0.421 e. The predicted molar refractivity (Wildman–Crippen MR) is 66.9 cm³/mol. The number of esters is 1. The van der Waals surface area contributed by atoms with Crippen LogP contribution in [-0.2, 0) is 26.5 Å². The number of hydrogen-bond donors (Lipinski definition) is 1. The molecule has 0 bridgehead atoms. The highest BCUT2D eigenvalue weighted by Gasteiger charge is 2.33. The molecule has 0 fully saturated rings. The molecule has 0 spiro atoms. The molecule has 0 unspecified atom stereocenters. The molecule has 0 atom stereocenters. The summed E-state index contributed by atoms with van der Waals surface area (Å²) in [7, 11) is -2.08. The van der Waals surface area contributed by atoms with Gasteiger partial charge in [-0.05, 0) is 6.92 Å². The van der Waals surface area contributed by atoms with Crippen molar-refractivity contribution < 1.29 is 27.5 Å². The fourth-order valence-corrected chi connectivity index (χ4v) is 2.93. The van der Waals surface area contributed by atoms with Gasteiger partial charge in [-0.3, -0.25) is 4.68 Å². The summed E-state index contributed by atoms with van der Waals surface area (Å²) in [5.74, 6) is -0.993. The second kappa shape index (κ2) is 6.09. The Morgan fingerprint density at radius 1 is 1.45 bits per heavy atom. The lowest BCUT2D eigenvalue weighted by Crippen LogP contribution is -2.33. The Labute approximate surface area is 119 Å². The number of nitrogens with one attached hydrogen (secondary N) is 1. The molecule has 0 aliphatic rings. The first-order valence-electron chi connectivity index (χ1n) is 5.25. The maximum atomic E-state index is 12.1. The summed E-state index contributed by atoms with van der Waals surface area (Å²) in [5.41, 5.74) is -0.464. The van der Waals surface area contributed by atoms with Crippen LogP contribution in [0.5, 0.6) is 0 Å². The molecular formula is C9H12ClN3O6S. The van der Waals surface area contributed by atoms with E-state index < -0.39 is 32.7 Å². The maximum absolute atomic E-state index is 12.1. The van der Waals surface area contributed by atoms with Crippen molar-refractivity contribution in [3.63, 3.8) is 0 Å². The molecule has 0 saturated carbocycles. The number of aryl methyl sites for hydroxylation is 1. The lowest BCUT2D eigenvalue weighted by molar-refractivity contribution is 0.0595. The van der Waals surface area contributed by atoms with E-state index in [0.717, 1.165) is 11.8 Å². The van der Waals surface area contributed by atoms with Gasteiger partial charge in [0.05, 0.1) is 13.7 Å². The minimum absolute atomic E-state index is 0.0165. The van der Waals surface area contributed by atoms with Crippen molar-refractivity contribution >= 4 is 33.7 Å². The molecule has 1 aromatic heterocycles. The van der Waals surface area contributed by atoms with E-state index in [0.29, 0.717) is 0 Å². The number of carbonyl (C=O) groups is 2. The van der Waals surface area contributed by atoms with E-state index in [1.807, 2.05) is 0 Å². The number of ether oxygens (including phenoxy) is 2. The van der Waals surface area contributed by atoms with Gasteiger partial charge >= 0.3 is 12.1 Å². The molecule has 112 valence electrons. The van der Waals surface area contributed by atoms with Crippen LogP contribution in [0.3, 0.4) is 0 Å². The van der Waals surface area contributed by atoms with Gasteiger partial charge in [-0.1, -0.05) is 11.6 Å². The summed E-state index contributed by atoms with van der Waals surface area (Å²) in [6.45, 7) is 1.49. The molecule has 9 nitrogen and oxygen atoms in total. The number of nitrogens with zero attached hydrogens (tertiary/aromatic N) is 2. The molecule has 0 radical (unpaired) electrons. The highest BCUT2D eigenvalue weighted by atomic mass is 35.5. The smallest absolute Gasteiger partial charge is 0.421 e. The standard InChI is InChI=1S/C9H12ClN3O6S/c1-4-19-9(15)12-20(16,17)7-5(8(14)18-3)6(10)11-13(7)2/h4H2,1-3H3,(H,12,15). The molecule has 1 aromatic rings. The lowest BCUT2D eigenvalue weighted by Gasteiger charge is -2.08. The van der Waals surface area contributed by atoms with Gasteiger partial charge in [0.25, 0.3) is 10.0 Å². The number of hydrogen-bond acceptors (Lipinski definition) is 7. The largest absolute Gasteiger partial charge is 0.465 e. The van der Waals surface area contributed by atoms with E-state index in [1.165, 1.54) is 14.0 Å². The van der Waals surface area contributed by atoms with Crippen LogP contribution in [0.2, 0.25) is 5.15 Å². The van der Waals surface area contributed by atoms with Crippen LogP contribution in [0.1, 0.15) is 17.3 Å². The van der Waals surface area contributed by atoms with Gasteiger partial charge < -0.3 is 9.47 Å². The quantitative estimate of drug-likeness (QED) is 0.791. The third-order valence-electron chi connectivity index (χ3n) is 2.09. The number of sulfonamides is 1. The van der Waals surface area contributed by atoms with Crippen LogP contribution in [0.4, 0.5) is 4.79 Å². The highest BCUT2D eigenvalue weighted by Crippen LogP contribution is 2.23. The van der Waals surface area contributed by atoms with Crippen molar-refractivity contribution in [2.75, 3.05) is 13.7 Å². The van der Waals surface area contributed by atoms with Gasteiger partial charge in [0, 0.05) is 7.05 Å². The number of carbonyl (C=O) groups excluding carboxylic acids is 2. The van der Waals surface area contributed by atoms with Crippen molar-refractivity contribution in [3.05, 3.63) is 10.7 Å².